The molecule has 4 nitrogen and oxygen atoms in total. The molecular formula is C9H14N2O2S. The molecule has 0 spiro atoms. The van der Waals surface area contributed by atoms with Gasteiger partial charge in [0, 0.05) is 6.54 Å². The van der Waals surface area contributed by atoms with Gasteiger partial charge >= 0.3 is 0 Å². The van der Waals surface area contributed by atoms with Gasteiger partial charge in [0.1, 0.15) is 0 Å². The van der Waals surface area contributed by atoms with Crippen LogP contribution in [0.5, 0.6) is 0 Å². The molecule has 0 saturated heterocycles. The molecule has 0 aliphatic heterocycles. The van der Waals surface area contributed by atoms with E-state index in [1.807, 2.05) is 31.2 Å². The number of hydrogen-bond acceptors (Lipinski definition) is 2. The van der Waals surface area contributed by atoms with E-state index in [0.29, 0.717) is 13.0 Å². The van der Waals surface area contributed by atoms with Crippen molar-refractivity contribution in [3.63, 3.8) is 0 Å². The highest BCUT2D eigenvalue weighted by molar-refractivity contribution is 7.87. The highest BCUT2D eigenvalue weighted by atomic mass is 32.2. The lowest BCUT2D eigenvalue weighted by Gasteiger charge is -2.05. The maximum atomic E-state index is 10.6. The summed E-state index contributed by atoms with van der Waals surface area (Å²) in [5.41, 5.74) is 2.28. The van der Waals surface area contributed by atoms with Crippen molar-refractivity contribution in [3.05, 3.63) is 35.4 Å². The van der Waals surface area contributed by atoms with Crippen molar-refractivity contribution in [2.75, 3.05) is 6.54 Å². The summed E-state index contributed by atoms with van der Waals surface area (Å²) < 4.78 is 23.4. The van der Waals surface area contributed by atoms with Crippen molar-refractivity contribution in [1.82, 2.24) is 4.72 Å². The Bertz CT molecular complexity index is 401. The largest absolute Gasteiger partial charge is 0.274 e. The van der Waals surface area contributed by atoms with E-state index in [1.165, 1.54) is 0 Å². The average molecular weight is 214 g/mol. The summed E-state index contributed by atoms with van der Waals surface area (Å²) in [6.07, 6.45) is 0.656. The van der Waals surface area contributed by atoms with E-state index in [2.05, 4.69) is 4.72 Å². The minimum Gasteiger partial charge on any atom is -0.216 e. The Labute approximate surface area is 84.3 Å². The molecule has 14 heavy (non-hydrogen) atoms. The number of nitrogens with two attached hydrogens (primary N) is 1. The van der Waals surface area contributed by atoms with Gasteiger partial charge in [-0.05, 0) is 24.5 Å². The summed E-state index contributed by atoms with van der Waals surface area (Å²) in [5, 5.41) is 4.80. The molecule has 1 aromatic rings. The number of rotatable bonds is 4. The molecule has 1 rings (SSSR count). The van der Waals surface area contributed by atoms with Gasteiger partial charge in [0.15, 0.2) is 0 Å². The van der Waals surface area contributed by atoms with Crippen molar-refractivity contribution >= 4 is 10.2 Å². The van der Waals surface area contributed by atoms with Crippen LogP contribution in [0.4, 0.5) is 0 Å². The zero-order chi connectivity index (χ0) is 10.6. The molecule has 3 N–H and O–H groups in total. The monoisotopic (exact) mass is 214 g/mol. The van der Waals surface area contributed by atoms with Gasteiger partial charge in [-0.2, -0.15) is 8.42 Å². The lowest BCUT2D eigenvalue weighted by molar-refractivity contribution is 0.583. The molecule has 0 aliphatic rings. The number of nitrogens with one attached hydrogen (secondary N) is 1. The van der Waals surface area contributed by atoms with Gasteiger partial charge < -0.3 is 0 Å². The van der Waals surface area contributed by atoms with Crippen molar-refractivity contribution < 1.29 is 8.42 Å². The third-order valence-electron chi connectivity index (χ3n) is 1.96. The van der Waals surface area contributed by atoms with Crippen molar-refractivity contribution in [1.29, 1.82) is 0 Å². The Hall–Kier alpha value is -0.910. The van der Waals surface area contributed by atoms with E-state index in [4.69, 9.17) is 5.14 Å². The highest BCUT2D eigenvalue weighted by Crippen LogP contribution is 2.06. The first kappa shape index (κ1) is 11.2. The normalized spacial score (nSPS) is 11.6. The van der Waals surface area contributed by atoms with Gasteiger partial charge in [0.05, 0.1) is 0 Å². The predicted molar refractivity (Wildman–Crippen MR) is 56.0 cm³/mol. The topological polar surface area (TPSA) is 72.2 Å². The van der Waals surface area contributed by atoms with Crippen molar-refractivity contribution in [3.8, 4) is 0 Å². The molecule has 5 heteroatoms. The zero-order valence-electron chi connectivity index (χ0n) is 8.03. The lowest BCUT2D eigenvalue weighted by atomic mass is 10.1. The molecule has 0 radical (unpaired) electrons. The van der Waals surface area contributed by atoms with Crippen LogP contribution in [0.3, 0.4) is 0 Å². The fourth-order valence-electron chi connectivity index (χ4n) is 1.22. The Morgan fingerprint density at radius 1 is 1.36 bits per heavy atom. The van der Waals surface area contributed by atoms with Crippen LogP contribution in [0.1, 0.15) is 11.1 Å². The molecule has 0 amide bonds. The third kappa shape index (κ3) is 3.87. The summed E-state index contributed by atoms with van der Waals surface area (Å²) in [5.74, 6) is 0. The van der Waals surface area contributed by atoms with Crippen LogP contribution >= 0.6 is 0 Å². The molecule has 1 aromatic carbocycles. The summed E-state index contributed by atoms with van der Waals surface area (Å²) in [7, 11) is -3.56. The standard InChI is InChI=1S/C9H14N2O2S/c1-8-4-2-3-5-9(8)6-7-11-14(10,12)13/h2-5,11H,6-7H2,1H3,(H2,10,12,13). The number of aryl methyl sites for hydroxylation is 1. The summed E-state index contributed by atoms with van der Waals surface area (Å²) in [6.45, 7) is 2.33. The third-order valence-corrected chi connectivity index (χ3v) is 2.57. The molecule has 0 atom stereocenters. The maximum absolute atomic E-state index is 10.6. The first-order chi connectivity index (χ1) is 6.49. The fourth-order valence-corrected chi connectivity index (χ4v) is 1.61. The van der Waals surface area contributed by atoms with Gasteiger partial charge in [-0.25, -0.2) is 9.86 Å². The van der Waals surface area contributed by atoms with Crippen LogP contribution in [-0.4, -0.2) is 15.0 Å². The van der Waals surface area contributed by atoms with Crippen molar-refractivity contribution in [2.24, 2.45) is 5.14 Å². The Morgan fingerprint density at radius 2 is 2.00 bits per heavy atom. The summed E-state index contributed by atoms with van der Waals surface area (Å²) in [4.78, 5) is 0. The molecule has 0 heterocycles. The molecule has 0 fully saturated rings. The Kier molecular flexibility index (Phi) is 3.62. The molecular weight excluding hydrogens is 200 g/mol. The lowest BCUT2D eigenvalue weighted by Crippen LogP contribution is -2.32. The Balaban J connectivity index is 2.51. The van der Waals surface area contributed by atoms with Crippen molar-refractivity contribution in [2.45, 2.75) is 13.3 Å². The zero-order valence-corrected chi connectivity index (χ0v) is 8.84. The molecule has 78 valence electrons. The quantitative estimate of drug-likeness (QED) is 0.758. The van der Waals surface area contributed by atoms with Crippen LogP contribution in [0.25, 0.3) is 0 Å². The second kappa shape index (κ2) is 4.54. The van der Waals surface area contributed by atoms with Crippen LogP contribution in [-0.2, 0) is 16.6 Å². The van der Waals surface area contributed by atoms with E-state index in [0.717, 1.165) is 11.1 Å². The summed E-state index contributed by atoms with van der Waals surface area (Å²) in [6, 6.07) is 7.84. The predicted octanol–water partition coefficient (Wildman–Crippen LogP) is 0.331. The van der Waals surface area contributed by atoms with E-state index in [1.54, 1.807) is 0 Å². The summed E-state index contributed by atoms with van der Waals surface area (Å²) >= 11 is 0. The second-order valence-electron chi connectivity index (χ2n) is 3.12. The van der Waals surface area contributed by atoms with E-state index < -0.39 is 10.2 Å². The highest BCUT2D eigenvalue weighted by Gasteiger charge is 2.01. The van der Waals surface area contributed by atoms with Crippen LogP contribution < -0.4 is 9.86 Å². The van der Waals surface area contributed by atoms with Gasteiger partial charge in [-0.1, -0.05) is 24.3 Å². The molecule has 0 bridgehead atoms. The van der Waals surface area contributed by atoms with Crippen LogP contribution in [0.2, 0.25) is 0 Å². The number of benzene rings is 1. The average Bonchev–Trinajstić information content (AvgIpc) is 2.06. The van der Waals surface area contributed by atoms with Crippen LogP contribution in [0, 0.1) is 6.92 Å². The molecule has 0 aromatic heterocycles. The number of hydrogen-bond donors (Lipinski definition) is 2. The molecule has 0 unspecified atom stereocenters. The van der Waals surface area contributed by atoms with Gasteiger partial charge in [-0.15, -0.1) is 0 Å². The SMILES string of the molecule is Cc1ccccc1CCNS(N)(=O)=O. The van der Waals surface area contributed by atoms with E-state index >= 15 is 0 Å². The smallest absolute Gasteiger partial charge is 0.216 e. The molecule has 0 aliphatic carbocycles. The van der Waals surface area contributed by atoms with Gasteiger partial charge in [-0.3, -0.25) is 0 Å². The van der Waals surface area contributed by atoms with E-state index in [9.17, 15) is 8.42 Å². The second-order valence-corrected chi connectivity index (χ2v) is 4.49. The molecule has 0 saturated carbocycles. The first-order valence-corrected chi connectivity index (χ1v) is 5.85. The van der Waals surface area contributed by atoms with Gasteiger partial charge in [0.25, 0.3) is 10.2 Å². The van der Waals surface area contributed by atoms with Gasteiger partial charge in [0.2, 0.25) is 0 Å². The first-order valence-electron chi connectivity index (χ1n) is 4.31. The van der Waals surface area contributed by atoms with E-state index in [-0.39, 0.29) is 0 Å². The van der Waals surface area contributed by atoms with Crippen LogP contribution in [0.15, 0.2) is 24.3 Å². The fraction of sp³-hybridized carbons (Fsp3) is 0.333. The minimum absolute atomic E-state index is 0.337. The Morgan fingerprint density at radius 3 is 2.57 bits per heavy atom. The minimum atomic E-state index is -3.56. The maximum Gasteiger partial charge on any atom is 0.274 e.